The van der Waals surface area contributed by atoms with Gasteiger partial charge in [-0.15, -0.1) is 0 Å². The van der Waals surface area contributed by atoms with E-state index in [0.29, 0.717) is 10.2 Å². The van der Waals surface area contributed by atoms with Crippen LogP contribution in [0.5, 0.6) is 5.75 Å². The molecule has 0 bridgehead atoms. The van der Waals surface area contributed by atoms with Crippen LogP contribution in [-0.2, 0) is 0 Å². The molecule has 2 rings (SSSR count). The molecule has 0 spiro atoms. The quantitative estimate of drug-likeness (QED) is 0.757. The maximum absolute atomic E-state index is 12.6. The summed E-state index contributed by atoms with van der Waals surface area (Å²) in [6, 6.07) is 5.87. The Labute approximate surface area is 128 Å². The minimum atomic E-state index is -2.99. The van der Waals surface area contributed by atoms with Crippen molar-refractivity contribution in [3.63, 3.8) is 0 Å². The minimum Gasteiger partial charge on any atom is -0.434 e. The number of halogens is 3. The molecular weight excluding hydrogens is 346 g/mol. The predicted molar refractivity (Wildman–Crippen MR) is 76.8 cm³/mol. The van der Waals surface area contributed by atoms with E-state index < -0.39 is 12.4 Å². The molecule has 0 aliphatic rings. The monoisotopic (exact) mass is 358 g/mol. The summed E-state index contributed by atoms with van der Waals surface area (Å²) >= 11 is 3.27. The molecule has 1 aromatic heterocycles. The number of alkyl halides is 2. The average Bonchev–Trinajstić information content (AvgIpc) is 2.80. The van der Waals surface area contributed by atoms with Gasteiger partial charge in [0.1, 0.15) is 11.4 Å². The van der Waals surface area contributed by atoms with Gasteiger partial charge >= 0.3 is 6.61 Å². The van der Waals surface area contributed by atoms with Crippen molar-refractivity contribution in [2.75, 3.05) is 0 Å². The van der Waals surface area contributed by atoms with Crippen molar-refractivity contribution in [1.82, 2.24) is 9.78 Å². The van der Waals surface area contributed by atoms with E-state index in [-0.39, 0.29) is 17.4 Å². The van der Waals surface area contributed by atoms with Crippen molar-refractivity contribution in [2.45, 2.75) is 26.5 Å². The maximum Gasteiger partial charge on any atom is 0.387 e. The molecule has 0 saturated heterocycles. The smallest absolute Gasteiger partial charge is 0.387 e. The van der Waals surface area contributed by atoms with E-state index in [0.717, 1.165) is 0 Å². The Morgan fingerprint density at radius 3 is 2.62 bits per heavy atom. The number of nitrogens with zero attached hydrogens (tertiary/aromatic N) is 2. The maximum atomic E-state index is 12.6. The van der Waals surface area contributed by atoms with Crippen molar-refractivity contribution in [1.29, 1.82) is 0 Å². The predicted octanol–water partition coefficient (Wildman–Crippen LogP) is 4.06. The third-order valence-corrected chi connectivity index (χ3v) is 3.38. The number of ether oxygens (including phenoxy) is 1. The molecular formula is C14H13BrF2N2O2. The number of aromatic nitrogens is 2. The lowest BCUT2D eigenvalue weighted by atomic mass is 10.1. The Kier molecular flexibility index (Phi) is 4.72. The van der Waals surface area contributed by atoms with Gasteiger partial charge < -0.3 is 4.74 Å². The van der Waals surface area contributed by atoms with Crippen LogP contribution in [0.1, 0.15) is 35.9 Å². The van der Waals surface area contributed by atoms with Gasteiger partial charge in [0, 0.05) is 6.04 Å². The molecule has 0 aliphatic carbocycles. The largest absolute Gasteiger partial charge is 0.434 e. The number of rotatable bonds is 5. The zero-order chi connectivity index (χ0) is 15.6. The van der Waals surface area contributed by atoms with Crippen molar-refractivity contribution < 1.29 is 18.3 Å². The molecule has 1 heterocycles. The summed E-state index contributed by atoms with van der Waals surface area (Å²) in [5.74, 6) is -0.578. The zero-order valence-electron chi connectivity index (χ0n) is 11.4. The number of benzene rings is 1. The van der Waals surface area contributed by atoms with Gasteiger partial charge in [-0.1, -0.05) is 12.1 Å². The van der Waals surface area contributed by atoms with Crippen molar-refractivity contribution in [3.05, 3.63) is 46.2 Å². The second kappa shape index (κ2) is 6.34. The van der Waals surface area contributed by atoms with E-state index >= 15 is 0 Å². The van der Waals surface area contributed by atoms with E-state index in [4.69, 9.17) is 0 Å². The Hall–Kier alpha value is -1.76. The van der Waals surface area contributed by atoms with E-state index in [1.807, 2.05) is 13.8 Å². The number of hydrogen-bond acceptors (Lipinski definition) is 3. The Morgan fingerprint density at radius 1 is 1.33 bits per heavy atom. The second-order valence-electron chi connectivity index (χ2n) is 4.58. The number of carbonyl (C=O) groups is 1. The summed E-state index contributed by atoms with van der Waals surface area (Å²) in [6.45, 7) is 0.757. The zero-order valence-corrected chi connectivity index (χ0v) is 13.0. The highest BCUT2D eigenvalue weighted by molar-refractivity contribution is 9.10. The van der Waals surface area contributed by atoms with Crippen LogP contribution in [0.3, 0.4) is 0 Å². The van der Waals surface area contributed by atoms with Gasteiger partial charge in [0.2, 0.25) is 5.78 Å². The van der Waals surface area contributed by atoms with E-state index in [1.165, 1.54) is 29.1 Å². The first-order valence-electron chi connectivity index (χ1n) is 6.23. The molecule has 4 nitrogen and oxygen atoms in total. The summed E-state index contributed by atoms with van der Waals surface area (Å²) in [5.41, 5.74) is 0.371. The molecule has 21 heavy (non-hydrogen) atoms. The lowest BCUT2D eigenvalue weighted by Crippen LogP contribution is -2.15. The highest BCUT2D eigenvalue weighted by Gasteiger charge is 2.23. The fourth-order valence-electron chi connectivity index (χ4n) is 1.93. The molecule has 7 heteroatoms. The molecule has 0 N–H and O–H groups in total. The lowest BCUT2D eigenvalue weighted by Gasteiger charge is -2.13. The van der Waals surface area contributed by atoms with Crippen LogP contribution in [0.25, 0.3) is 0 Å². The van der Waals surface area contributed by atoms with Crippen LogP contribution in [0.2, 0.25) is 0 Å². The Morgan fingerprint density at radius 2 is 2.00 bits per heavy atom. The molecule has 0 aliphatic heterocycles. The average molecular weight is 359 g/mol. The molecule has 0 fully saturated rings. The van der Waals surface area contributed by atoms with Crippen LogP contribution < -0.4 is 4.74 Å². The van der Waals surface area contributed by atoms with Crippen LogP contribution in [0, 0.1) is 0 Å². The van der Waals surface area contributed by atoms with Gasteiger partial charge in [0.05, 0.1) is 16.2 Å². The van der Waals surface area contributed by atoms with Crippen LogP contribution in [0.15, 0.2) is 34.9 Å². The molecule has 0 amide bonds. The summed E-state index contributed by atoms with van der Waals surface area (Å²) in [6.07, 6.45) is 1.50. The highest BCUT2D eigenvalue weighted by atomic mass is 79.9. The molecule has 1 aromatic carbocycles. The normalized spacial score (nSPS) is 11.2. The van der Waals surface area contributed by atoms with E-state index in [1.54, 1.807) is 6.07 Å². The fourth-order valence-corrected chi connectivity index (χ4v) is 2.38. The molecule has 0 radical (unpaired) electrons. The van der Waals surface area contributed by atoms with Crippen molar-refractivity contribution in [3.8, 4) is 5.75 Å². The van der Waals surface area contributed by atoms with Crippen LogP contribution in [-0.4, -0.2) is 22.2 Å². The number of para-hydroxylation sites is 1. The minimum absolute atomic E-state index is 0.0431. The van der Waals surface area contributed by atoms with Crippen molar-refractivity contribution >= 4 is 21.7 Å². The fraction of sp³-hybridized carbons (Fsp3) is 0.286. The molecule has 0 atom stereocenters. The topological polar surface area (TPSA) is 44.1 Å². The second-order valence-corrected chi connectivity index (χ2v) is 5.44. The van der Waals surface area contributed by atoms with Gasteiger partial charge in [0.15, 0.2) is 0 Å². The van der Waals surface area contributed by atoms with E-state index in [2.05, 4.69) is 25.8 Å². The first-order chi connectivity index (χ1) is 9.91. The molecule has 0 unspecified atom stereocenters. The standard InChI is InChI=1S/C14H13BrF2N2O2/c1-8(2)19-12(10(15)7-18-19)13(20)9-5-3-4-6-11(9)21-14(16)17/h3-8,14H,1-2H3. The number of ketones is 1. The first-order valence-corrected chi connectivity index (χ1v) is 7.02. The lowest BCUT2D eigenvalue weighted by molar-refractivity contribution is -0.0501. The Balaban J connectivity index is 2.48. The molecule has 112 valence electrons. The van der Waals surface area contributed by atoms with Crippen molar-refractivity contribution in [2.24, 2.45) is 0 Å². The summed E-state index contributed by atoms with van der Waals surface area (Å²) in [7, 11) is 0. The third kappa shape index (κ3) is 3.29. The van der Waals surface area contributed by atoms with Gasteiger partial charge in [0.25, 0.3) is 0 Å². The third-order valence-electron chi connectivity index (χ3n) is 2.80. The SMILES string of the molecule is CC(C)n1ncc(Br)c1C(=O)c1ccccc1OC(F)F. The highest BCUT2D eigenvalue weighted by Crippen LogP contribution is 2.27. The Bertz CT molecular complexity index is 656. The van der Waals surface area contributed by atoms with Crippen LogP contribution in [0.4, 0.5) is 8.78 Å². The van der Waals surface area contributed by atoms with Gasteiger partial charge in [-0.05, 0) is 41.9 Å². The van der Waals surface area contributed by atoms with Crippen LogP contribution >= 0.6 is 15.9 Å². The molecule has 0 saturated carbocycles. The summed E-state index contributed by atoms with van der Waals surface area (Å²) in [5, 5.41) is 4.11. The molecule has 2 aromatic rings. The first kappa shape index (κ1) is 15.6. The summed E-state index contributed by atoms with van der Waals surface area (Å²) in [4.78, 5) is 12.6. The van der Waals surface area contributed by atoms with Gasteiger partial charge in [-0.2, -0.15) is 13.9 Å². The summed E-state index contributed by atoms with van der Waals surface area (Å²) < 4.78 is 31.3. The van der Waals surface area contributed by atoms with E-state index in [9.17, 15) is 13.6 Å². The van der Waals surface area contributed by atoms with Gasteiger partial charge in [-0.25, -0.2) is 0 Å². The number of hydrogen-bond donors (Lipinski definition) is 0. The van der Waals surface area contributed by atoms with Gasteiger partial charge in [-0.3, -0.25) is 9.48 Å². The number of carbonyl (C=O) groups excluding carboxylic acids is 1.